The second-order valence-corrected chi connectivity index (χ2v) is 5.77. The van der Waals surface area contributed by atoms with Crippen molar-refractivity contribution in [1.29, 1.82) is 0 Å². The van der Waals surface area contributed by atoms with Gasteiger partial charge in [-0.1, -0.05) is 0 Å². The van der Waals surface area contributed by atoms with Gasteiger partial charge in [0.15, 0.2) is 0 Å². The fraction of sp³-hybridized carbons (Fsp3) is 0.615. The third-order valence-electron chi connectivity index (χ3n) is 2.69. The number of nitrogens with two attached hydrogens (primary N) is 1. The number of aromatic nitrogens is 1. The first kappa shape index (κ1) is 13.9. The summed E-state index contributed by atoms with van der Waals surface area (Å²) in [5.41, 5.74) is 6.45. The van der Waals surface area contributed by atoms with E-state index < -0.39 is 5.60 Å². The van der Waals surface area contributed by atoms with Gasteiger partial charge in [-0.05, 0) is 46.2 Å². The van der Waals surface area contributed by atoms with Crippen LogP contribution in [0.2, 0.25) is 0 Å². The van der Waals surface area contributed by atoms with Crippen molar-refractivity contribution in [3.05, 3.63) is 23.4 Å². The maximum atomic E-state index is 10.5. The van der Waals surface area contributed by atoms with E-state index in [0.717, 1.165) is 5.56 Å². The van der Waals surface area contributed by atoms with Gasteiger partial charge < -0.3 is 16.2 Å². The molecule has 0 amide bonds. The van der Waals surface area contributed by atoms with Gasteiger partial charge in [0.25, 0.3) is 0 Å². The third-order valence-corrected chi connectivity index (χ3v) is 2.69. The van der Waals surface area contributed by atoms with Crippen molar-refractivity contribution in [1.82, 2.24) is 10.3 Å². The second kappa shape index (κ2) is 4.63. The Morgan fingerprint density at radius 3 is 2.41 bits per heavy atom. The first-order chi connectivity index (χ1) is 7.63. The Bertz CT molecular complexity index is 374. The molecular weight excluding hydrogens is 214 g/mol. The quantitative estimate of drug-likeness (QED) is 0.746. The van der Waals surface area contributed by atoms with E-state index in [1.807, 2.05) is 13.0 Å². The normalized spacial score (nSPS) is 15.6. The highest BCUT2D eigenvalue weighted by molar-refractivity contribution is 5.47. The van der Waals surface area contributed by atoms with Crippen LogP contribution in [-0.4, -0.2) is 22.2 Å². The third kappa shape index (κ3) is 3.68. The van der Waals surface area contributed by atoms with Crippen molar-refractivity contribution >= 4 is 5.82 Å². The number of nitrogen functional groups attached to an aromatic ring is 1. The number of anilines is 1. The molecule has 17 heavy (non-hydrogen) atoms. The monoisotopic (exact) mass is 237 g/mol. The number of pyridine rings is 1. The largest absolute Gasteiger partial charge is 0.384 e. The zero-order chi connectivity index (χ0) is 13.3. The molecule has 1 aromatic rings. The average molecular weight is 237 g/mol. The summed E-state index contributed by atoms with van der Waals surface area (Å²) in [6, 6.07) is 1.86. The lowest BCUT2D eigenvalue weighted by Crippen LogP contribution is -2.45. The summed E-state index contributed by atoms with van der Waals surface area (Å²) < 4.78 is 0. The maximum Gasteiger partial charge on any atom is 0.129 e. The van der Waals surface area contributed by atoms with Crippen molar-refractivity contribution in [2.75, 3.05) is 12.3 Å². The molecule has 1 heterocycles. The first-order valence-corrected chi connectivity index (χ1v) is 5.82. The SMILES string of the molecule is Cc1ccnc(N)c1C(C)(O)CNC(C)(C)C. The maximum absolute atomic E-state index is 10.5. The van der Waals surface area contributed by atoms with Gasteiger partial charge in [0.2, 0.25) is 0 Å². The highest BCUT2D eigenvalue weighted by Crippen LogP contribution is 2.27. The number of rotatable bonds is 3. The van der Waals surface area contributed by atoms with E-state index in [4.69, 9.17) is 5.73 Å². The van der Waals surface area contributed by atoms with Crippen molar-refractivity contribution < 1.29 is 5.11 Å². The number of β-amino-alcohol motifs (C(OH)–C–C–N with tert-alkyl or cyclic N) is 1. The minimum Gasteiger partial charge on any atom is -0.384 e. The Labute approximate surface area is 103 Å². The summed E-state index contributed by atoms with van der Waals surface area (Å²) in [5, 5.41) is 13.8. The molecule has 4 N–H and O–H groups in total. The van der Waals surface area contributed by atoms with Crippen LogP contribution >= 0.6 is 0 Å². The number of nitrogens with zero attached hydrogens (tertiary/aromatic N) is 1. The molecule has 1 aromatic heterocycles. The zero-order valence-corrected chi connectivity index (χ0v) is 11.3. The second-order valence-electron chi connectivity index (χ2n) is 5.77. The lowest BCUT2D eigenvalue weighted by atomic mass is 9.91. The number of aryl methyl sites for hydroxylation is 1. The van der Waals surface area contributed by atoms with Crippen LogP contribution in [0.4, 0.5) is 5.82 Å². The number of nitrogens with one attached hydrogen (secondary N) is 1. The van der Waals surface area contributed by atoms with E-state index in [1.165, 1.54) is 0 Å². The topological polar surface area (TPSA) is 71.2 Å². The standard InChI is InChI=1S/C13H23N3O/c1-9-6-7-15-11(14)10(9)13(5,17)8-16-12(2,3)4/h6-7,16-17H,8H2,1-5H3,(H2,14,15). The molecule has 0 saturated heterocycles. The predicted molar refractivity (Wildman–Crippen MR) is 70.7 cm³/mol. The Morgan fingerprint density at radius 2 is 1.94 bits per heavy atom. The molecule has 0 fully saturated rings. The van der Waals surface area contributed by atoms with E-state index in [1.54, 1.807) is 13.1 Å². The number of hydrogen-bond donors (Lipinski definition) is 3. The molecule has 0 aromatic carbocycles. The van der Waals surface area contributed by atoms with E-state index in [9.17, 15) is 5.11 Å². The van der Waals surface area contributed by atoms with Crippen LogP contribution in [0.5, 0.6) is 0 Å². The number of aliphatic hydroxyl groups is 1. The molecule has 1 atom stereocenters. The molecule has 0 aliphatic carbocycles. The highest BCUT2D eigenvalue weighted by Gasteiger charge is 2.29. The molecule has 4 heteroatoms. The van der Waals surface area contributed by atoms with E-state index >= 15 is 0 Å². The molecule has 0 aliphatic heterocycles. The summed E-state index contributed by atoms with van der Waals surface area (Å²) in [6.45, 7) is 10.3. The van der Waals surface area contributed by atoms with Crippen LogP contribution in [0.15, 0.2) is 12.3 Å². The van der Waals surface area contributed by atoms with Crippen LogP contribution in [0.25, 0.3) is 0 Å². The molecule has 4 nitrogen and oxygen atoms in total. The summed E-state index contributed by atoms with van der Waals surface area (Å²) >= 11 is 0. The fourth-order valence-corrected chi connectivity index (χ4v) is 1.81. The zero-order valence-electron chi connectivity index (χ0n) is 11.3. The molecule has 0 aliphatic rings. The Balaban J connectivity index is 2.97. The molecule has 1 unspecified atom stereocenters. The van der Waals surface area contributed by atoms with Gasteiger partial charge in [-0.3, -0.25) is 0 Å². The van der Waals surface area contributed by atoms with Crippen LogP contribution in [0.3, 0.4) is 0 Å². The Kier molecular flexibility index (Phi) is 3.79. The summed E-state index contributed by atoms with van der Waals surface area (Å²) in [6.07, 6.45) is 1.65. The van der Waals surface area contributed by atoms with Crippen molar-refractivity contribution in [2.45, 2.75) is 45.8 Å². The van der Waals surface area contributed by atoms with Gasteiger partial charge in [-0.2, -0.15) is 0 Å². The van der Waals surface area contributed by atoms with Crippen LogP contribution in [0, 0.1) is 6.92 Å². The molecule has 0 radical (unpaired) electrons. The van der Waals surface area contributed by atoms with E-state index in [0.29, 0.717) is 17.9 Å². The fourth-order valence-electron chi connectivity index (χ4n) is 1.81. The van der Waals surface area contributed by atoms with Crippen LogP contribution in [0.1, 0.15) is 38.8 Å². The minimum atomic E-state index is -1.02. The number of hydrogen-bond acceptors (Lipinski definition) is 4. The molecule has 0 saturated carbocycles. The van der Waals surface area contributed by atoms with Crippen LogP contribution in [-0.2, 0) is 5.60 Å². The molecular formula is C13H23N3O. The Morgan fingerprint density at radius 1 is 1.35 bits per heavy atom. The van der Waals surface area contributed by atoms with Gasteiger partial charge in [0.1, 0.15) is 11.4 Å². The lowest BCUT2D eigenvalue weighted by Gasteiger charge is -2.31. The van der Waals surface area contributed by atoms with E-state index in [2.05, 4.69) is 31.1 Å². The van der Waals surface area contributed by atoms with Crippen molar-refractivity contribution in [2.24, 2.45) is 0 Å². The summed E-state index contributed by atoms with van der Waals surface area (Å²) in [4.78, 5) is 4.04. The summed E-state index contributed by atoms with van der Waals surface area (Å²) in [5.74, 6) is 0.394. The van der Waals surface area contributed by atoms with Crippen molar-refractivity contribution in [3.8, 4) is 0 Å². The van der Waals surface area contributed by atoms with Gasteiger partial charge in [0, 0.05) is 23.8 Å². The van der Waals surface area contributed by atoms with Crippen LogP contribution < -0.4 is 11.1 Å². The average Bonchev–Trinajstić information content (AvgIpc) is 2.13. The summed E-state index contributed by atoms with van der Waals surface area (Å²) in [7, 11) is 0. The first-order valence-electron chi connectivity index (χ1n) is 5.82. The van der Waals surface area contributed by atoms with E-state index in [-0.39, 0.29) is 5.54 Å². The van der Waals surface area contributed by atoms with Gasteiger partial charge in [-0.15, -0.1) is 0 Å². The smallest absolute Gasteiger partial charge is 0.129 e. The van der Waals surface area contributed by atoms with Gasteiger partial charge in [0.05, 0.1) is 0 Å². The predicted octanol–water partition coefficient (Wildman–Crippen LogP) is 1.57. The highest BCUT2D eigenvalue weighted by atomic mass is 16.3. The van der Waals surface area contributed by atoms with Crippen molar-refractivity contribution in [3.63, 3.8) is 0 Å². The lowest BCUT2D eigenvalue weighted by molar-refractivity contribution is 0.0500. The van der Waals surface area contributed by atoms with Gasteiger partial charge in [-0.25, -0.2) is 4.98 Å². The minimum absolute atomic E-state index is 0.0468. The Hall–Kier alpha value is -1.13. The van der Waals surface area contributed by atoms with Gasteiger partial charge >= 0.3 is 0 Å². The molecule has 96 valence electrons. The molecule has 1 rings (SSSR count). The molecule has 0 bridgehead atoms. The molecule has 0 spiro atoms.